The van der Waals surface area contributed by atoms with E-state index < -0.39 is 27.6 Å². The van der Waals surface area contributed by atoms with Crippen LogP contribution < -0.4 is 10.6 Å². The first-order chi connectivity index (χ1) is 17.1. The van der Waals surface area contributed by atoms with Crippen LogP contribution in [0.5, 0.6) is 0 Å². The van der Waals surface area contributed by atoms with Crippen molar-refractivity contribution in [3.8, 4) is 22.8 Å². The zero-order valence-corrected chi connectivity index (χ0v) is 20.5. The highest BCUT2D eigenvalue weighted by Gasteiger charge is 2.32. The predicted octanol–water partition coefficient (Wildman–Crippen LogP) is 4.16. The lowest BCUT2D eigenvalue weighted by atomic mass is 10.1. The van der Waals surface area contributed by atoms with E-state index in [-0.39, 0.29) is 40.2 Å². The molecular formula is C24H20ClF2N5O3S. The van der Waals surface area contributed by atoms with Crippen LogP contribution in [0.15, 0.2) is 57.9 Å². The Balaban J connectivity index is 1.60. The second-order valence-electron chi connectivity index (χ2n) is 8.54. The maximum Gasteiger partial charge on any atom is 0.260 e. The Morgan fingerprint density at radius 2 is 1.86 bits per heavy atom. The highest BCUT2D eigenvalue weighted by molar-refractivity contribution is 7.91. The van der Waals surface area contributed by atoms with Gasteiger partial charge in [-0.2, -0.15) is 9.37 Å². The van der Waals surface area contributed by atoms with Crippen LogP contribution in [0.2, 0.25) is 5.02 Å². The first-order valence-corrected chi connectivity index (χ1v) is 12.9. The summed E-state index contributed by atoms with van der Waals surface area (Å²) < 4.78 is 60.0. The van der Waals surface area contributed by atoms with Gasteiger partial charge in [-0.1, -0.05) is 28.9 Å². The number of aryl methyl sites for hydroxylation is 1. The topological polar surface area (TPSA) is 115 Å². The summed E-state index contributed by atoms with van der Waals surface area (Å²) in [4.78, 5) is 9.61. The molecule has 3 heterocycles. The maximum absolute atomic E-state index is 15.3. The van der Waals surface area contributed by atoms with Gasteiger partial charge in [0.25, 0.3) is 5.89 Å². The predicted molar refractivity (Wildman–Crippen MR) is 130 cm³/mol. The Morgan fingerprint density at radius 1 is 1.11 bits per heavy atom. The lowest BCUT2D eigenvalue weighted by molar-refractivity contribution is 0.431. The Morgan fingerprint density at radius 3 is 2.58 bits per heavy atom. The van der Waals surface area contributed by atoms with Gasteiger partial charge in [0.1, 0.15) is 5.82 Å². The minimum atomic E-state index is -3.86. The molecule has 0 aliphatic carbocycles. The molecule has 0 amide bonds. The number of halogens is 3. The molecule has 2 N–H and O–H groups in total. The summed E-state index contributed by atoms with van der Waals surface area (Å²) in [5, 5.41) is 4.44. The summed E-state index contributed by atoms with van der Waals surface area (Å²) >= 11 is 5.99. The fraction of sp³-hybridized carbons (Fsp3) is 0.208. The molecule has 0 saturated carbocycles. The summed E-state index contributed by atoms with van der Waals surface area (Å²) in [7, 11) is -3.86. The van der Waals surface area contributed by atoms with Crippen molar-refractivity contribution in [1.29, 1.82) is 0 Å². The fourth-order valence-electron chi connectivity index (χ4n) is 4.18. The first-order valence-electron chi connectivity index (χ1n) is 10.9. The van der Waals surface area contributed by atoms with Gasteiger partial charge in [0, 0.05) is 24.2 Å². The fourth-order valence-corrected chi connectivity index (χ4v) is 5.94. The van der Waals surface area contributed by atoms with Crippen molar-refractivity contribution in [3.63, 3.8) is 0 Å². The quantitative estimate of drug-likeness (QED) is 0.390. The monoisotopic (exact) mass is 531 g/mol. The van der Waals surface area contributed by atoms with Crippen LogP contribution in [0.4, 0.5) is 14.5 Å². The van der Waals surface area contributed by atoms with Crippen LogP contribution in [0, 0.1) is 18.7 Å². The number of sulfone groups is 1. The van der Waals surface area contributed by atoms with Crippen molar-refractivity contribution < 1.29 is 21.7 Å². The van der Waals surface area contributed by atoms with Crippen molar-refractivity contribution in [2.45, 2.75) is 24.4 Å². The summed E-state index contributed by atoms with van der Waals surface area (Å²) in [5.74, 6) is -1.88. The second kappa shape index (κ2) is 9.23. The van der Waals surface area contributed by atoms with E-state index in [0.29, 0.717) is 22.8 Å². The Bertz CT molecular complexity index is 1560. The number of hydrogen-bond donors (Lipinski definition) is 1. The summed E-state index contributed by atoms with van der Waals surface area (Å²) in [6.45, 7) is 2.11. The second-order valence-corrected chi connectivity index (χ2v) is 11.0. The molecule has 0 unspecified atom stereocenters. The van der Waals surface area contributed by atoms with Gasteiger partial charge in [-0.3, -0.25) is 0 Å². The standard InChI is InChI=1S/C24H20ClF2N5O3S/c1-13-17(6-7-22(27)29-13)24-30-23(31-35-24)18-8-20-21(9-19(18)26)36(33,34)12-16(28)11-32(20)10-14-2-4-15(25)5-3-14/h2-9,16H,10-12,28H2,1H3/t16-/m1/s1. The molecule has 186 valence electrons. The average molecular weight is 532 g/mol. The van der Waals surface area contributed by atoms with Crippen LogP contribution >= 0.6 is 11.6 Å². The molecule has 1 aliphatic heterocycles. The minimum Gasteiger partial charge on any atom is -0.365 e. The summed E-state index contributed by atoms with van der Waals surface area (Å²) in [6, 6.07) is 11.4. The molecule has 1 atom stereocenters. The van der Waals surface area contributed by atoms with Crippen LogP contribution in [0.3, 0.4) is 0 Å². The van der Waals surface area contributed by atoms with E-state index in [1.165, 1.54) is 12.1 Å². The Labute approximate surface area is 210 Å². The number of hydrogen-bond acceptors (Lipinski definition) is 8. The molecule has 0 bridgehead atoms. The molecule has 0 fully saturated rings. The Kier molecular flexibility index (Phi) is 6.23. The van der Waals surface area contributed by atoms with Gasteiger partial charge in [0.15, 0.2) is 9.84 Å². The number of rotatable bonds is 4. The van der Waals surface area contributed by atoms with Crippen LogP contribution in [-0.4, -0.2) is 41.9 Å². The number of pyridine rings is 1. The normalized spacial score (nSPS) is 17.0. The number of fused-ring (bicyclic) bond motifs is 1. The van der Waals surface area contributed by atoms with Crippen LogP contribution in [-0.2, 0) is 16.4 Å². The van der Waals surface area contributed by atoms with Crippen molar-refractivity contribution in [2.75, 3.05) is 17.2 Å². The van der Waals surface area contributed by atoms with E-state index >= 15 is 4.39 Å². The molecule has 0 spiro atoms. The van der Waals surface area contributed by atoms with Gasteiger partial charge in [0.2, 0.25) is 11.8 Å². The van der Waals surface area contributed by atoms with Gasteiger partial charge in [-0.15, -0.1) is 0 Å². The van der Waals surface area contributed by atoms with Gasteiger partial charge in [0.05, 0.1) is 33.2 Å². The number of anilines is 1. The van der Waals surface area contributed by atoms with Crippen LogP contribution in [0.1, 0.15) is 11.3 Å². The maximum atomic E-state index is 15.3. The number of benzene rings is 2. The lowest BCUT2D eigenvalue weighted by Crippen LogP contribution is -2.39. The molecule has 12 heteroatoms. The molecule has 5 rings (SSSR count). The van der Waals surface area contributed by atoms with Crippen molar-refractivity contribution in [3.05, 3.63) is 76.6 Å². The number of nitrogens with zero attached hydrogens (tertiary/aromatic N) is 4. The highest BCUT2D eigenvalue weighted by Crippen LogP contribution is 2.36. The number of aromatic nitrogens is 3. The molecule has 0 saturated heterocycles. The highest BCUT2D eigenvalue weighted by atomic mass is 35.5. The lowest BCUT2D eigenvalue weighted by Gasteiger charge is -2.26. The third-order valence-corrected chi connectivity index (χ3v) is 7.96. The molecule has 0 radical (unpaired) electrons. The van der Waals surface area contributed by atoms with Gasteiger partial charge >= 0.3 is 0 Å². The van der Waals surface area contributed by atoms with Gasteiger partial charge in [-0.05, 0) is 48.9 Å². The molecule has 1 aliphatic rings. The van der Waals surface area contributed by atoms with Crippen molar-refractivity contribution in [1.82, 2.24) is 15.1 Å². The smallest absolute Gasteiger partial charge is 0.260 e. The minimum absolute atomic E-state index is 0.0250. The SMILES string of the molecule is Cc1nc(F)ccc1-c1nc(-c2cc3c(cc2F)S(=O)(=O)C[C@H](N)CN3Cc2ccc(Cl)cc2)no1. The zero-order chi connectivity index (χ0) is 25.6. The molecule has 2 aromatic heterocycles. The van der Waals surface area contributed by atoms with Crippen molar-refractivity contribution >= 4 is 27.1 Å². The van der Waals surface area contributed by atoms with E-state index in [0.717, 1.165) is 17.7 Å². The van der Waals surface area contributed by atoms with Crippen molar-refractivity contribution in [2.24, 2.45) is 5.73 Å². The molecule has 8 nitrogen and oxygen atoms in total. The zero-order valence-electron chi connectivity index (χ0n) is 19.0. The molecule has 36 heavy (non-hydrogen) atoms. The van der Waals surface area contributed by atoms with E-state index in [2.05, 4.69) is 15.1 Å². The van der Waals surface area contributed by atoms with Crippen LogP contribution in [0.25, 0.3) is 22.8 Å². The van der Waals surface area contributed by atoms with E-state index in [1.807, 2.05) is 12.1 Å². The Hall–Kier alpha value is -3.41. The van der Waals surface area contributed by atoms with E-state index in [4.69, 9.17) is 21.9 Å². The van der Waals surface area contributed by atoms with Gasteiger partial charge in [-0.25, -0.2) is 17.8 Å². The van der Waals surface area contributed by atoms with E-state index in [1.54, 1.807) is 24.0 Å². The third-order valence-electron chi connectivity index (χ3n) is 5.85. The largest absolute Gasteiger partial charge is 0.365 e. The molecule has 2 aromatic carbocycles. The van der Waals surface area contributed by atoms with E-state index in [9.17, 15) is 12.8 Å². The summed E-state index contributed by atoms with van der Waals surface area (Å²) in [5.41, 5.74) is 7.93. The third kappa shape index (κ3) is 4.69. The molecular weight excluding hydrogens is 512 g/mol. The average Bonchev–Trinajstić information content (AvgIpc) is 3.26. The number of nitrogens with two attached hydrogens (primary N) is 1. The molecule has 4 aromatic rings. The van der Waals surface area contributed by atoms with Gasteiger partial charge < -0.3 is 15.2 Å². The summed E-state index contributed by atoms with van der Waals surface area (Å²) in [6.07, 6.45) is 0. The first kappa shape index (κ1) is 24.3.